The summed E-state index contributed by atoms with van der Waals surface area (Å²) in [6, 6.07) is 3.83. The summed E-state index contributed by atoms with van der Waals surface area (Å²) < 4.78 is 0. The van der Waals surface area contributed by atoms with Gasteiger partial charge in [-0.2, -0.15) is 0 Å². The lowest BCUT2D eigenvalue weighted by atomic mass is 10.1. The first kappa shape index (κ1) is 12.0. The third-order valence-corrected chi connectivity index (χ3v) is 4.05. The van der Waals surface area contributed by atoms with Crippen LogP contribution in [0, 0.1) is 5.92 Å². The van der Waals surface area contributed by atoms with Gasteiger partial charge in [-0.25, -0.2) is 4.98 Å². The van der Waals surface area contributed by atoms with Crippen molar-refractivity contribution in [2.75, 3.05) is 11.4 Å². The number of rotatable bonds is 3. The van der Waals surface area contributed by atoms with E-state index in [1.54, 1.807) is 17.3 Å². The van der Waals surface area contributed by atoms with Crippen LogP contribution in [-0.2, 0) is 4.79 Å². The average Bonchev–Trinajstić information content (AvgIpc) is 3.06. The van der Waals surface area contributed by atoms with Gasteiger partial charge in [-0.05, 0) is 12.1 Å². The molecule has 2 aromatic rings. The number of anilines is 1. The second kappa shape index (κ2) is 4.93. The quantitative estimate of drug-likeness (QED) is 0.806. The van der Waals surface area contributed by atoms with Gasteiger partial charge in [0.1, 0.15) is 0 Å². The molecule has 1 amide bonds. The minimum Gasteiger partial charge on any atom is -0.287 e. The lowest BCUT2D eigenvalue weighted by molar-refractivity contribution is -0.117. The summed E-state index contributed by atoms with van der Waals surface area (Å²) in [4.78, 5) is 22.2. The summed E-state index contributed by atoms with van der Waals surface area (Å²) >= 11 is 1.50. The molecule has 5 heteroatoms. The third kappa shape index (κ3) is 2.29. The van der Waals surface area contributed by atoms with E-state index in [-0.39, 0.29) is 11.8 Å². The topological polar surface area (TPSA) is 46.1 Å². The van der Waals surface area contributed by atoms with E-state index >= 15 is 0 Å². The van der Waals surface area contributed by atoms with Crippen LogP contribution in [0.2, 0.25) is 0 Å². The highest BCUT2D eigenvalue weighted by Gasteiger charge is 2.30. The number of hydrogen-bond donors (Lipinski definition) is 0. The van der Waals surface area contributed by atoms with Crippen LogP contribution in [0.5, 0.6) is 0 Å². The molecule has 19 heavy (non-hydrogen) atoms. The highest BCUT2D eigenvalue weighted by Crippen LogP contribution is 2.31. The minimum absolute atomic E-state index is 0.125. The van der Waals surface area contributed by atoms with Gasteiger partial charge < -0.3 is 0 Å². The zero-order valence-corrected chi connectivity index (χ0v) is 11.1. The number of aromatic nitrogens is 2. The van der Waals surface area contributed by atoms with E-state index in [0.29, 0.717) is 13.0 Å². The normalized spacial score (nSPS) is 18.8. The molecule has 1 atom stereocenters. The van der Waals surface area contributed by atoms with E-state index in [1.807, 2.05) is 23.6 Å². The van der Waals surface area contributed by atoms with Gasteiger partial charge in [-0.3, -0.25) is 14.7 Å². The summed E-state index contributed by atoms with van der Waals surface area (Å²) in [7, 11) is 0. The molecule has 1 unspecified atom stereocenters. The predicted octanol–water partition coefficient (Wildman–Crippen LogP) is 2.74. The summed E-state index contributed by atoms with van der Waals surface area (Å²) in [5.74, 6) is 0.362. The van der Waals surface area contributed by atoms with E-state index < -0.39 is 0 Å². The third-order valence-electron chi connectivity index (χ3n) is 3.19. The zero-order chi connectivity index (χ0) is 13.2. The molecule has 1 aliphatic heterocycles. The Morgan fingerprint density at radius 3 is 2.89 bits per heavy atom. The lowest BCUT2D eigenvalue weighted by Crippen LogP contribution is -2.24. The van der Waals surface area contributed by atoms with Crippen molar-refractivity contribution in [1.82, 2.24) is 9.97 Å². The fraction of sp³-hybridized carbons (Fsp3) is 0.214. The Hall–Kier alpha value is -2.01. The number of carbonyl (C=O) groups excluding carboxylic acids is 1. The Morgan fingerprint density at radius 1 is 1.42 bits per heavy atom. The Kier molecular flexibility index (Phi) is 3.13. The summed E-state index contributed by atoms with van der Waals surface area (Å²) in [5.41, 5.74) is 1.90. The molecule has 3 rings (SSSR count). The molecule has 1 aliphatic rings. The van der Waals surface area contributed by atoms with Crippen LogP contribution in [0.4, 0.5) is 5.13 Å². The molecular formula is C14H13N3OS. The van der Waals surface area contributed by atoms with E-state index in [0.717, 1.165) is 16.4 Å². The van der Waals surface area contributed by atoms with Crippen LogP contribution in [0.15, 0.2) is 42.6 Å². The fourth-order valence-electron chi connectivity index (χ4n) is 2.12. The standard InChI is InChI=1S/C14H13N3OS/c1-2-10-7-13(18)17(8-10)14-16-12(9-19-14)11-3-5-15-6-4-11/h2-6,9-10H,1,7-8H2. The van der Waals surface area contributed by atoms with Gasteiger partial charge in [-0.15, -0.1) is 17.9 Å². The maximum atomic E-state index is 11.9. The summed E-state index contributed by atoms with van der Waals surface area (Å²) in [6.45, 7) is 4.44. The second-order valence-electron chi connectivity index (χ2n) is 4.46. The Balaban J connectivity index is 1.86. The van der Waals surface area contributed by atoms with Gasteiger partial charge in [0, 0.05) is 42.2 Å². The van der Waals surface area contributed by atoms with Crippen LogP contribution in [0.25, 0.3) is 11.3 Å². The van der Waals surface area contributed by atoms with Crippen molar-refractivity contribution >= 4 is 22.4 Å². The number of amides is 1. The van der Waals surface area contributed by atoms with Gasteiger partial charge in [0.05, 0.1) is 5.69 Å². The number of carbonyl (C=O) groups is 1. The highest BCUT2D eigenvalue weighted by molar-refractivity contribution is 7.14. The van der Waals surface area contributed by atoms with Crippen LogP contribution in [0.1, 0.15) is 6.42 Å². The molecule has 0 spiro atoms. The average molecular weight is 271 g/mol. The van der Waals surface area contributed by atoms with Crippen molar-refractivity contribution in [1.29, 1.82) is 0 Å². The van der Waals surface area contributed by atoms with Crippen LogP contribution < -0.4 is 4.90 Å². The zero-order valence-electron chi connectivity index (χ0n) is 10.3. The van der Waals surface area contributed by atoms with Gasteiger partial charge in [0.15, 0.2) is 5.13 Å². The Labute approximate surface area is 115 Å². The Morgan fingerprint density at radius 2 is 2.21 bits per heavy atom. The Bertz CT molecular complexity index is 608. The van der Waals surface area contributed by atoms with E-state index in [1.165, 1.54) is 11.3 Å². The molecule has 0 aliphatic carbocycles. The molecule has 0 saturated carbocycles. The van der Waals surface area contributed by atoms with E-state index in [2.05, 4.69) is 16.5 Å². The predicted molar refractivity (Wildman–Crippen MR) is 76.0 cm³/mol. The monoisotopic (exact) mass is 271 g/mol. The lowest BCUT2D eigenvalue weighted by Gasteiger charge is -2.11. The van der Waals surface area contributed by atoms with Crippen molar-refractivity contribution in [3.05, 3.63) is 42.6 Å². The van der Waals surface area contributed by atoms with Crippen LogP contribution in [-0.4, -0.2) is 22.4 Å². The van der Waals surface area contributed by atoms with Gasteiger partial charge >= 0.3 is 0 Å². The van der Waals surface area contributed by atoms with E-state index in [9.17, 15) is 4.79 Å². The molecule has 2 aromatic heterocycles. The molecule has 0 N–H and O–H groups in total. The second-order valence-corrected chi connectivity index (χ2v) is 5.29. The smallest absolute Gasteiger partial charge is 0.229 e. The van der Waals surface area contributed by atoms with Crippen molar-refractivity contribution in [3.8, 4) is 11.3 Å². The largest absolute Gasteiger partial charge is 0.287 e. The summed E-state index contributed by atoms with van der Waals surface area (Å²) in [6.07, 6.45) is 5.86. The molecular weight excluding hydrogens is 258 g/mol. The molecule has 0 aromatic carbocycles. The first-order chi connectivity index (χ1) is 9.28. The molecule has 3 heterocycles. The SMILES string of the molecule is C=CC1CC(=O)N(c2nc(-c3ccncc3)cs2)C1. The molecule has 0 bridgehead atoms. The molecule has 4 nitrogen and oxygen atoms in total. The van der Waals surface area contributed by atoms with Gasteiger partial charge in [-0.1, -0.05) is 6.08 Å². The van der Waals surface area contributed by atoms with Crippen molar-refractivity contribution < 1.29 is 4.79 Å². The molecule has 96 valence electrons. The first-order valence-electron chi connectivity index (χ1n) is 6.07. The van der Waals surface area contributed by atoms with Crippen molar-refractivity contribution in [2.24, 2.45) is 5.92 Å². The molecule has 0 radical (unpaired) electrons. The van der Waals surface area contributed by atoms with E-state index in [4.69, 9.17) is 0 Å². The fourth-order valence-corrected chi connectivity index (χ4v) is 2.98. The number of nitrogens with zero attached hydrogens (tertiary/aromatic N) is 3. The number of thiazole rings is 1. The molecule has 1 fully saturated rings. The maximum Gasteiger partial charge on any atom is 0.229 e. The van der Waals surface area contributed by atoms with Crippen molar-refractivity contribution in [2.45, 2.75) is 6.42 Å². The minimum atomic E-state index is 0.125. The van der Waals surface area contributed by atoms with Crippen LogP contribution >= 0.6 is 11.3 Å². The number of hydrogen-bond acceptors (Lipinski definition) is 4. The van der Waals surface area contributed by atoms with Gasteiger partial charge in [0.2, 0.25) is 5.91 Å². The molecule has 1 saturated heterocycles. The van der Waals surface area contributed by atoms with Crippen molar-refractivity contribution in [3.63, 3.8) is 0 Å². The van der Waals surface area contributed by atoms with Crippen LogP contribution in [0.3, 0.4) is 0 Å². The summed E-state index contributed by atoms with van der Waals surface area (Å²) in [5, 5.41) is 2.74. The first-order valence-corrected chi connectivity index (χ1v) is 6.94. The maximum absolute atomic E-state index is 11.9. The van der Waals surface area contributed by atoms with Gasteiger partial charge in [0.25, 0.3) is 0 Å². The number of pyridine rings is 1. The highest BCUT2D eigenvalue weighted by atomic mass is 32.1.